The number of rotatable bonds is 3. The van der Waals surface area contributed by atoms with Crippen molar-refractivity contribution in [1.82, 2.24) is 0 Å². The first-order chi connectivity index (χ1) is 8.56. The summed E-state index contributed by atoms with van der Waals surface area (Å²) < 4.78 is 19.2. The minimum absolute atomic E-state index is 0.147. The standard InChI is InChI=1S/C14H13BrFNO/c1-9(10-3-2-4-11(17)7-10)18-12-5-6-14(16)13(15)8-12/h2-9H,17H2,1H3. The molecule has 0 aliphatic rings. The maximum Gasteiger partial charge on any atom is 0.137 e. The number of hydrogen-bond donors (Lipinski definition) is 1. The summed E-state index contributed by atoms with van der Waals surface area (Å²) in [7, 11) is 0. The van der Waals surface area contributed by atoms with Crippen LogP contribution in [0.5, 0.6) is 5.75 Å². The van der Waals surface area contributed by atoms with E-state index >= 15 is 0 Å². The average molecular weight is 310 g/mol. The summed E-state index contributed by atoms with van der Waals surface area (Å²) >= 11 is 3.13. The van der Waals surface area contributed by atoms with Gasteiger partial charge in [-0.05, 0) is 58.7 Å². The predicted octanol–water partition coefficient (Wildman–Crippen LogP) is 4.31. The molecular weight excluding hydrogens is 297 g/mol. The number of benzene rings is 2. The van der Waals surface area contributed by atoms with Gasteiger partial charge >= 0.3 is 0 Å². The molecule has 0 saturated carbocycles. The number of hydrogen-bond acceptors (Lipinski definition) is 2. The molecule has 0 spiro atoms. The van der Waals surface area contributed by atoms with Gasteiger partial charge in [-0.25, -0.2) is 4.39 Å². The molecule has 2 rings (SSSR count). The van der Waals surface area contributed by atoms with Crippen LogP contribution in [0.15, 0.2) is 46.9 Å². The van der Waals surface area contributed by atoms with E-state index in [2.05, 4.69) is 15.9 Å². The number of nitrogens with two attached hydrogens (primary N) is 1. The molecule has 2 nitrogen and oxygen atoms in total. The van der Waals surface area contributed by atoms with Crippen molar-refractivity contribution in [1.29, 1.82) is 0 Å². The molecule has 0 radical (unpaired) electrons. The van der Waals surface area contributed by atoms with Gasteiger partial charge in [-0.1, -0.05) is 12.1 Å². The van der Waals surface area contributed by atoms with Crippen molar-refractivity contribution in [2.24, 2.45) is 0 Å². The average Bonchev–Trinajstić information content (AvgIpc) is 2.34. The molecule has 0 fully saturated rings. The monoisotopic (exact) mass is 309 g/mol. The molecule has 18 heavy (non-hydrogen) atoms. The van der Waals surface area contributed by atoms with E-state index in [0.717, 1.165) is 5.56 Å². The summed E-state index contributed by atoms with van der Waals surface area (Å²) in [5.74, 6) is 0.303. The van der Waals surface area contributed by atoms with E-state index in [1.54, 1.807) is 12.1 Å². The third-order valence-electron chi connectivity index (χ3n) is 2.58. The van der Waals surface area contributed by atoms with E-state index < -0.39 is 0 Å². The van der Waals surface area contributed by atoms with Gasteiger partial charge in [-0.3, -0.25) is 0 Å². The molecule has 2 N–H and O–H groups in total. The zero-order chi connectivity index (χ0) is 13.1. The molecule has 1 atom stereocenters. The predicted molar refractivity (Wildman–Crippen MR) is 74.0 cm³/mol. The van der Waals surface area contributed by atoms with Gasteiger partial charge in [-0.2, -0.15) is 0 Å². The van der Waals surface area contributed by atoms with Crippen LogP contribution < -0.4 is 10.5 Å². The maximum absolute atomic E-state index is 13.1. The van der Waals surface area contributed by atoms with Crippen LogP contribution in [-0.2, 0) is 0 Å². The Morgan fingerprint density at radius 3 is 2.67 bits per heavy atom. The lowest BCUT2D eigenvalue weighted by Crippen LogP contribution is -2.03. The normalized spacial score (nSPS) is 12.2. The Hall–Kier alpha value is -1.55. The van der Waals surface area contributed by atoms with Crippen LogP contribution in [0.3, 0.4) is 0 Å². The van der Waals surface area contributed by atoms with Crippen LogP contribution in [0.25, 0.3) is 0 Å². The first-order valence-corrected chi connectivity index (χ1v) is 6.32. The van der Waals surface area contributed by atoms with Gasteiger partial charge in [0, 0.05) is 5.69 Å². The quantitative estimate of drug-likeness (QED) is 0.857. The highest BCUT2D eigenvalue weighted by Gasteiger charge is 2.09. The Balaban J connectivity index is 2.16. The van der Waals surface area contributed by atoms with Gasteiger partial charge in [0.15, 0.2) is 0 Å². The summed E-state index contributed by atoms with van der Waals surface area (Å²) in [6, 6.07) is 12.1. The van der Waals surface area contributed by atoms with Crippen molar-refractivity contribution in [3.63, 3.8) is 0 Å². The highest BCUT2D eigenvalue weighted by molar-refractivity contribution is 9.10. The van der Waals surface area contributed by atoms with E-state index in [1.807, 2.05) is 31.2 Å². The van der Waals surface area contributed by atoms with Crippen LogP contribution in [-0.4, -0.2) is 0 Å². The molecule has 1 unspecified atom stereocenters. The molecule has 94 valence electrons. The Kier molecular flexibility index (Phi) is 3.87. The van der Waals surface area contributed by atoms with Crippen LogP contribution in [0, 0.1) is 5.82 Å². The second-order valence-corrected chi connectivity index (χ2v) is 4.86. The highest BCUT2D eigenvalue weighted by atomic mass is 79.9. The number of anilines is 1. The lowest BCUT2D eigenvalue weighted by molar-refractivity contribution is 0.226. The van der Waals surface area contributed by atoms with Crippen molar-refractivity contribution in [2.75, 3.05) is 5.73 Å². The van der Waals surface area contributed by atoms with Gasteiger partial charge < -0.3 is 10.5 Å². The summed E-state index contributed by atoms with van der Waals surface area (Å²) in [5, 5.41) is 0. The summed E-state index contributed by atoms with van der Waals surface area (Å²) in [6.45, 7) is 1.92. The first kappa shape index (κ1) is 12.9. The van der Waals surface area contributed by atoms with E-state index in [0.29, 0.717) is 15.9 Å². The van der Waals surface area contributed by atoms with Crippen LogP contribution in [0.1, 0.15) is 18.6 Å². The highest BCUT2D eigenvalue weighted by Crippen LogP contribution is 2.26. The smallest absolute Gasteiger partial charge is 0.137 e. The zero-order valence-corrected chi connectivity index (χ0v) is 11.4. The lowest BCUT2D eigenvalue weighted by Gasteiger charge is -2.15. The summed E-state index contributed by atoms with van der Waals surface area (Å²) in [5.41, 5.74) is 7.40. The summed E-state index contributed by atoms with van der Waals surface area (Å²) in [6.07, 6.45) is -0.147. The van der Waals surface area contributed by atoms with Gasteiger partial charge in [0.25, 0.3) is 0 Å². The Morgan fingerprint density at radius 2 is 2.00 bits per heavy atom. The number of nitrogen functional groups attached to an aromatic ring is 1. The Bertz CT molecular complexity index is 559. The molecule has 0 amide bonds. The van der Waals surface area contributed by atoms with Crippen molar-refractivity contribution in [3.8, 4) is 5.75 Å². The zero-order valence-electron chi connectivity index (χ0n) is 9.86. The molecule has 0 aliphatic heterocycles. The fourth-order valence-corrected chi connectivity index (χ4v) is 1.99. The van der Waals surface area contributed by atoms with Crippen molar-refractivity contribution < 1.29 is 9.13 Å². The fraction of sp³-hybridized carbons (Fsp3) is 0.143. The van der Waals surface area contributed by atoms with E-state index in [1.165, 1.54) is 6.07 Å². The first-order valence-electron chi connectivity index (χ1n) is 5.53. The second kappa shape index (κ2) is 5.40. The van der Waals surface area contributed by atoms with Crippen LogP contribution in [0.2, 0.25) is 0 Å². The molecule has 0 saturated heterocycles. The topological polar surface area (TPSA) is 35.2 Å². The SMILES string of the molecule is CC(Oc1ccc(F)c(Br)c1)c1cccc(N)c1. The van der Waals surface area contributed by atoms with E-state index in [4.69, 9.17) is 10.5 Å². The van der Waals surface area contributed by atoms with Crippen molar-refractivity contribution >= 4 is 21.6 Å². The lowest BCUT2D eigenvalue weighted by atomic mass is 10.1. The Labute approximate surface area is 114 Å². The third kappa shape index (κ3) is 3.01. The number of halogens is 2. The molecular formula is C14H13BrFNO. The molecule has 0 heterocycles. The summed E-state index contributed by atoms with van der Waals surface area (Å²) in [4.78, 5) is 0. The van der Waals surface area contributed by atoms with Crippen molar-refractivity contribution in [3.05, 3.63) is 58.3 Å². The maximum atomic E-state index is 13.1. The van der Waals surface area contributed by atoms with Gasteiger partial charge in [0.1, 0.15) is 17.7 Å². The minimum Gasteiger partial charge on any atom is -0.486 e. The Morgan fingerprint density at radius 1 is 1.22 bits per heavy atom. The largest absolute Gasteiger partial charge is 0.486 e. The van der Waals surface area contributed by atoms with Gasteiger partial charge in [0.2, 0.25) is 0 Å². The molecule has 0 aromatic heterocycles. The molecule has 0 bridgehead atoms. The van der Waals surface area contributed by atoms with Crippen molar-refractivity contribution in [2.45, 2.75) is 13.0 Å². The molecule has 0 aliphatic carbocycles. The van der Waals surface area contributed by atoms with Gasteiger partial charge in [0.05, 0.1) is 4.47 Å². The van der Waals surface area contributed by atoms with E-state index in [9.17, 15) is 4.39 Å². The van der Waals surface area contributed by atoms with E-state index in [-0.39, 0.29) is 11.9 Å². The second-order valence-electron chi connectivity index (χ2n) is 4.01. The molecule has 2 aromatic carbocycles. The van der Waals surface area contributed by atoms with Crippen LogP contribution in [0.4, 0.5) is 10.1 Å². The molecule has 4 heteroatoms. The number of ether oxygens (including phenoxy) is 1. The third-order valence-corrected chi connectivity index (χ3v) is 3.19. The minimum atomic E-state index is -0.307. The molecule has 2 aromatic rings. The van der Waals surface area contributed by atoms with Gasteiger partial charge in [-0.15, -0.1) is 0 Å². The van der Waals surface area contributed by atoms with Crippen LogP contribution >= 0.6 is 15.9 Å². The fourth-order valence-electron chi connectivity index (χ4n) is 1.63.